The van der Waals surface area contributed by atoms with Crippen molar-refractivity contribution in [2.24, 2.45) is 0 Å². The molecule has 0 saturated carbocycles. The molecule has 0 saturated heterocycles. The monoisotopic (exact) mass is 656 g/mol. The standard InChI is InChI=1S/C48H24N4/c1-3-17-37-25(9-1)27-11-5-13-29-33-21-35-31-15-7-20-40-47(31)51(43(35)23-41(33)49(37)45(27)29)39-19-8-16-32-36-22-34-30-14-6-12-28-26-10-2-4-18-38(26)50(46(28)30)42(34)24-44(36)52(40)48(32)39/h1-24H. The van der Waals surface area contributed by atoms with E-state index < -0.39 is 0 Å². The molecular weight excluding hydrogens is 633 g/mol. The second kappa shape index (κ2) is 7.96. The molecule has 0 spiro atoms. The fraction of sp³-hybridized carbons (Fsp3) is 0. The molecule has 0 bridgehead atoms. The molecule has 0 aliphatic carbocycles. The minimum Gasteiger partial charge on any atom is -0.308 e. The van der Waals surface area contributed by atoms with Gasteiger partial charge in [-0.2, -0.15) is 0 Å². The topological polar surface area (TPSA) is 17.6 Å². The van der Waals surface area contributed by atoms with Gasteiger partial charge in [0.05, 0.1) is 66.2 Å². The van der Waals surface area contributed by atoms with E-state index >= 15 is 0 Å². The van der Waals surface area contributed by atoms with Gasteiger partial charge in [0, 0.05) is 64.6 Å². The van der Waals surface area contributed by atoms with E-state index in [0.29, 0.717) is 0 Å². The van der Waals surface area contributed by atoms with Crippen molar-refractivity contribution in [2.75, 3.05) is 0 Å². The summed E-state index contributed by atoms with van der Waals surface area (Å²) >= 11 is 0. The fourth-order valence-electron chi connectivity index (χ4n) is 10.8. The predicted molar refractivity (Wildman–Crippen MR) is 219 cm³/mol. The zero-order chi connectivity index (χ0) is 33.1. The Balaban J connectivity index is 1.18. The van der Waals surface area contributed by atoms with Crippen LogP contribution < -0.4 is 0 Å². The zero-order valence-electron chi connectivity index (χ0n) is 27.6. The summed E-state index contributed by atoms with van der Waals surface area (Å²) < 4.78 is 10.1. The highest BCUT2D eigenvalue weighted by Crippen LogP contribution is 2.47. The Morgan fingerprint density at radius 1 is 0.192 bits per heavy atom. The quantitative estimate of drug-likeness (QED) is 0.145. The number of fused-ring (bicyclic) bond motifs is 20. The van der Waals surface area contributed by atoms with Crippen LogP contribution in [-0.2, 0) is 0 Å². The van der Waals surface area contributed by atoms with Crippen molar-refractivity contribution in [2.45, 2.75) is 0 Å². The van der Waals surface area contributed by atoms with Crippen molar-refractivity contribution in [1.29, 1.82) is 0 Å². The molecule has 0 aliphatic rings. The summed E-state index contributed by atoms with van der Waals surface area (Å²) in [6.07, 6.45) is 0. The number of hydrogen-bond donors (Lipinski definition) is 0. The third-order valence-corrected chi connectivity index (χ3v) is 12.7. The summed E-state index contributed by atoms with van der Waals surface area (Å²) in [6.45, 7) is 0. The Labute approximate surface area is 293 Å². The van der Waals surface area contributed by atoms with Crippen LogP contribution in [0.15, 0.2) is 146 Å². The number of aromatic nitrogens is 4. The summed E-state index contributed by atoms with van der Waals surface area (Å²) in [4.78, 5) is 0. The summed E-state index contributed by atoms with van der Waals surface area (Å²) in [7, 11) is 0. The second-order valence-corrected chi connectivity index (χ2v) is 14.9. The van der Waals surface area contributed by atoms with Gasteiger partial charge in [0.1, 0.15) is 0 Å². The summed E-state index contributed by atoms with van der Waals surface area (Å²) in [5.74, 6) is 0. The van der Waals surface area contributed by atoms with Crippen LogP contribution in [0.4, 0.5) is 0 Å². The Hall–Kier alpha value is -7.04. The van der Waals surface area contributed by atoms with E-state index in [9.17, 15) is 0 Å². The van der Waals surface area contributed by atoms with Crippen molar-refractivity contribution in [1.82, 2.24) is 17.6 Å². The van der Waals surface area contributed by atoms with Gasteiger partial charge in [0.15, 0.2) is 0 Å². The first-order valence-corrected chi connectivity index (χ1v) is 18.1. The zero-order valence-corrected chi connectivity index (χ0v) is 27.6. The maximum Gasteiger partial charge on any atom is 0.0783 e. The van der Waals surface area contributed by atoms with E-state index in [1.807, 2.05) is 0 Å². The van der Waals surface area contributed by atoms with Gasteiger partial charge in [-0.25, -0.2) is 0 Å². The molecule has 0 N–H and O–H groups in total. The number of benzene rings is 8. The molecule has 52 heavy (non-hydrogen) atoms. The number of rotatable bonds is 0. The summed E-state index contributed by atoms with van der Waals surface area (Å²) in [5.41, 5.74) is 15.2. The Morgan fingerprint density at radius 3 is 0.904 bits per heavy atom. The third-order valence-electron chi connectivity index (χ3n) is 12.7. The predicted octanol–water partition coefficient (Wildman–Crippen LogP) is 12.5. The van der Waals surface area contributed by atoms with E-state index in [1.54, 1.807) is 0 Å². The number of nitrogens with zero attached hydrogens (tertiary/aromatic N) is 4. The molecule has 7 heterocycles. The molecular formula is C48H24N4. The summed E-state index contributed by atoms with van der Waals surface area (Å²) in [5, 5.41) is 15.7. The van der Waals surface area contributed by atoms with Crippen LogP contribution in [0, 0.1) is 0 Å². The van der Waals surface area contributed by atoms with Gasteiger partial charge in [0.2, 0.25) is 0 Å². The van der Waals surface area contributed by atoms with Crippen LogP contribution in [-0.4, -0.2) is 17.6 Å². The van der Waals surface area contributed by atoms with Gasteiger partial charge in [-0.15, -0.1) is 0 Å². The first kappa shape index (κ1) is 25.0. The van der Waals surface area contributed by atoms with E-state index in [-0.39, 0.29) is 0 Å². The molecule has 15 rings (SSSR count). The average Bonchev–Trinajstić information content (AvgIpc) is 4.02. The SMILES string of the molecule is c1ccc2c(c1)c1cccc3c4cc5c6cccc7c6n(c5cc4n2c13)c1cccc2c3cc4c5cccc6c8ccccc8n(c4cc3n7c21)c65. The van der Waals surface area contributed by atoms with Crippen molar-refractivity contribution < 1.29 is 0 Å². The highest BCUT2D eigenvalue weighted by atomic mass is 15.0. The summed E-state index contributed by atoms with van der Waals surface area (Å²) in [6, 6.07) is 55.0. The Morgan fingerprint density at radius 2 is 0.481 bits per heavy atom. The van der Waals surface area contributed by atoms with E-state index in [1.165, 1.54) is 131 Å². The molecule has 0 unspecified atom stereocenters. The Bertz CT molecular complexity index is 3820. The van der Waals surface area contributed by atoms with Gasteiger partial charge in [-0.1, -0.05) is 97.1 Å². The van der Waals surface area contributed by atoms with Crippen LogP contribution in [0.1, 0.15) is 0 Å². The lowest BCUT2D eigenvalue weighted by molar-refractivity contribution is 1.26. The first-order valence-electron chi connectivity index (χ1n) is 18.1. The maximum absolute atomic E-state index is 2.55. The van der Waals surface area contributed by atoms with Gasteiger partial charge in [0.25, 0.3) is 0 Å². The van der Waals surface area contributed by atoms with Crippen molar-refractivity contribution >= 4 is 131 Å². The first-order chi connectivity index (χ1) is 25.8. The van der Waals surface area contributed by atoms with E-state index in [0.717, 1.165) is 0 Å². The second-order valence-electron chi connectivity index (χ2n) is 14.9. The van der Waals surface area contributed by atoms with Crippen LogP contribution in [0.25, 0.3) is 131 Å². The van der Waals surface area contributed by atoms with Crippen molar-refractivity contribution in [3.05, 3.63) is 146 Å². The molecule has 4 heteroatoms. The van der Waals surface area contributed by atoms with Crippen LogP contribution in [0.3, 0.4) is 0 Å². The molecule has 15 aromatic rings. The molecule has 4 nitrogen and oxygen atoms in total. The molecule has 236 valence electrons. The molecule has 0 atom stereocenters. The highest BCUT2D eigenvalue weighted by molar-refractivity contribution is 6.30. The molecule has 0 aliphatic heterocycles. The molecule has 7 aromatic heterocycles. The normalized spacial score (nSPS) is 13.4. The maximum atomic E-state index is 2.55. The minimum absolute atomic E-state index is 1.24. The average molecular weight is 657 g/mol. The van der Waals surface area contributed by atoms with Crippen LogP contribution >= 0.6 is 0 Å². The minimum atomic E-state index is 1.24. The van der Waals surface area contributed by atoms with Gasteiger partial charge in [-0.3, -0.25) is 0 Å². The lowest BCUT2D eigenvalue weighted by Crippen LogP contribution is -1.97. The van der Waals surface area contributed by atoms with Gasteiger partial charge in [-0.05, 0) is 48.5 Å². The van der Waals surface area contributed by atoms with Gasteiger partial charge < -0.3 is 17.6 Å². The van der Waals surface area contributed by atoms with E-state index in [4.69, 9.17) is 0 Å². The van der Waals surface area contributed by atoms with Crippen molar-refractivity contribution in [3.63, 3.8) is 0 Å². The number of para-hydroxylation sites is 6. The molecule has 0 fully saturated rings. The largest absolute Gasteiger partial charge is 0.308 e. The molecule has 0 radical (unpaired) electrons. The smallest absolute Gasteiger partial charge is 0.0783 e. The van der Waals surface area contributed by atoms with E-state index in [2.05, 4.69) is 163 Å². The van der Waals surface area contributed by atoms with Crippen LogP contribution in [0.5, 0.6) is 0 Å². The highest BCUT2D eigenvalue weighted by Gasteiger charge is 2.25. The fourth-order valence-corrected chi connectivity index (χ4v) is 10.8. The lowest BCUT2D eigenvalue weighted by atomic mass is 10.1. The molecule has 0 amide bonds. The Kier molecular flexibility index (Phi) is 3.83. The number of hydrogen-bond acceptors (Lipinski definition) is 0. The van der Waals surface area contributed by atoms with Gasteiger partial charge >= 0.3 is 0 Å². The third kappa shape index (κ3) is 2.47. The van der Waals surface area contributed by atoms with Crippen molar-refractivity contribution in [3.8, 4) is 0 Å². The molecule has 8 aromatic carbocycles. The van der Waals surface area contributed by atoms with Crippen LogP contribution in [0.2, 0.25) is 0 Å². The lowest BCUT2D eigenvalue weighted by Gasteiger charge is -2.11.